The van der Waals surface area contributed by atoms with Crippen molar-refractivity contribution in [1.82, 2.24) is 0 Å². The molecule has 0 aromatic heterocycles. The van der Waals surface area contributed by atoms with Gasteiger partial charge in [-0.3, -0.25) is 9.52 Å². The van der Waals surface area contributed by atoms with Crippen LogP contribution in [0.15, 0.2) is 83.8 Å². The Morgan fingerprint density at radius 3 is 2.43 bits per heavy atom. The van der Waals surface area contributed by atoms with Crippen LogP contribution in [-0.4, -0.2) is 40.6 Å². The molecule has 180 valence electrons. The average molecular weight is 493 g/mol. The summed E-state index contributed by atoms with van der Waals surface area (Å²) in [4.78, 5) is 26.2. The molecule has 0 fully saturated rings. The van der Waals surface area contributed by atoms with E-state index in [0.717, 1.165) is 17.7 Å². The Labute approximate surface area is 203 Å². The third-order valence-corrected chi connectivity index (χ3v) is 6.87. The van der Waals surface area contributed by atoms with Gasteiger partial charge < -0.3 is 14.4 Å². The van der Waals surface area contributed by atoms with Crippen LogP contribution >= 0.6 is 0 Å². The number of carbonyl (C=O) groups is 2. The van der Waals surface area contributed by atoms with Crippen LogP contribution in [0.2, 0.25) is 0 Å². The van der Waals surface area contributed by atoms with E-state index in [0.29, 0.717) is 23.5 Å². The minimum absolute atomic E-state index is 0.0736. The van der Waals surface area contributed by atoms with E-state index >= 15 is 0 Å². The van der Waals surface area contributed by atoms with Crippen molar-refractivity contribution in [1.29, 1.82) is 0 Å². The summed E-state index contributed by atoms with van der Waals surface area (Å²) < 4.78 is 37.8. The van der Waals surface area contributed by atoms with Crippen LogP contribution in [0.3, 0.4) is 0 Å². The number of para-hydroxylation sites is 1. The van der Waals surface area contributed by atoms with E-state index in [-0.39, 0.29) is 17.4 Å². The quantitative estimate of drug-likeness (QED) is 0.381. The van der Waals surface area contributed by atoms with Gasteiger partial charge in [-0.15, -0.1) is 0 Å². The first-order chi connectivity index (χ1) is 16.9. The van der Waals surface area contributed by atoms with Crippen LogP contribution in [0.1, 0.15) is 11.1 Å². The predicted molar refractivity (Wildman–Crippen MR) is 133 cm³/mol. The highest BCUT2D eigenvalue weighted by atomic mass is 32.2. The van der Waals surface area contributed by atoms with E-state index in [1.54, 1.807) is 41.3 Å². The summed E-state index contributed by atoms with van der Waals surface area (Å²) in [5.41, 5.74) is 2.95. The van der Waals surface area contributed by atoms with Crippen molar-refractivity contribution in [2.24, 2.45) is 0 Å². The van der Waals surface area contributed by atoms with Gasteiger partial charge in [0.25, 0.3) is 15.9 Å². The van der Waals surface area contributed by atoms with Gasteiger partial charge in [0.1, 0.15) is 5.75 Å². The summed E-state index contributed by atoms with van der Waals surface area (Å²) in [5, 5.41) is 0. The monoisotopic (exact) mass is 492 g/mol. The van der Waals surface area contributed by atoms with Crippen LogP contribution in [-0.2, 0) is 30.8 Å². The molecule has 1 heterocycles. The fourth-order valence-electron chi connectivity index (χ4n) is 3.65. The minimum atomic E-state index is -3.78. The standard InChI is InChI=1S/C26H24N2O6S/c1-33-22-11-9-21(10-12-22)27-35(31,32)23-13-6-19(7-14-23)8-15-26(30)34-18-25(29)28-17-16-20-4-2-3-5-24(20)28/h2-15,27H,16-18H2,1H3. The van der Waals surface area contributed by atoms with Gasteiger partial charge in [0, 0.05) is 24.0 Å². The van der Waals surface area contributed by atoms with Crippen molar-refractivity contribution in [3.05, 3.63) is 90.0 Å². The zero-order valence-electron chi connectivity index (χ0n) is 19.0. The van der Waals surface area contributed by atoms with Gasteiger partial charge in [-0.25, -0.2) is 13.2 Å². The summed E-state index contributed by atoms with van der Waals surface area (Å²) in [6.07, 6.45) is 3.46. The third-order valence-electron chi connectivity index (χ3n) is 5.47. The number of hydrogen-bond acceptors (Lipinski definition) is 6. The maximum absolute atomic E-state index is 12.6. The highest BCUT2D eigenvalue weighted by Gasteiger charge is 2.24. The molecular formula is C26H24N2O6S. The molecular weight excluding hydrogens is 468 g/mol. The van der Waals surface area contributed by atoms with Crippen LogP contribution in [0, 0.1) is 0 Å². The molecule has 9 heteroatoms. The van der Waals surface area contributed by atoms with Crippen LogP contribution < -0.4 is 14.4 Å². The lowest BCUT2D eigenvalue weighted by atomic mass is 10.2. The number of anilines is 2. The van der Waals surface area contributed by atoms with Gasteiger partial charge in [-0.2, -0.15) is 0 Å². The number of benzene rings is 3. The maximum atomic E-state index is 12.6. The summed E-state index contributed by atoms with van der Waals surface area (Å²) in [6, 6.07) is 20.2. The van der Waals surface area contributed by atoms with E-state index in [1.165, 1.54) is 31.4 Å². The van der Waals surface area contributed by atoms with E-state index < -0.39 is 16.0 Å². The number of sulfonamides is 1. The molecule has 1 aliphatic heterocycles. The minimum Gasteiger partial charge on any atom is -0.497 e. The predicted octanol–water partition coefficient (Wildman–Crippen LogP) is 3.64. The van der Waals surface area contributed by atoms with Crippen LogP contribution in [0.25, 0.3) is 6.08 Å². The second-order valence-electron chi connectivity index (χ2n) is 7.77. The van der Waals surface area contributed by atoms with Gasteiger partial charge in [-0.1, -0.05) is 30.3 Å². The summed E-state index contributed by atoms with van der Waals surface area (Å²) in [6.45, 7) is 0.208. The van der Waals surface area contributed by atoms with Crippen LogP contribution in [0.5, 0.6) is 5.75 Å². The number of rotatable bonds is 8. The number of methoxy groups -OCH3 is 1. The summed E-state index contributed by atoms with van der Waals surface area (Å²) in [5.74, 6) is -0.326. The average Bonchev–Trinajstić information content (AvgIpc) is 3.31. The lowest BCUT2D eigenvalue weighted by Gasteiger charge is -2.16. The van der Waals surface area contributed by atoms with Gasteiger partial charge in [0.15, 0.2) is 6.61 Å². The van der Waals surface area contributed by atoms with Crippen LogP contribution in [0.4, 0.5) is 11.4 Å². The number of ether oxygens (including phenoxy) is 2. The normalized spacial score (nSPS) is 12.9. The Morgan fingerprint density at radius 2 is 1.71 bits per heavy atom. The molecule has 0 radical (unpaired) electrons. The van der Waals surface area contributed by atoms with E-state index in [2.05, 4.69) is 4.72 Å². The molecule has 0 bridgehead atoms. The summed E-state index contributed by atoms with van der Waals surface area (Å²) >= 11 is 0. The fourth-order valence-corrected chi connectivity index (χ4v) is 4.71. The second kappa shape index (κ2) is 10.4. The first kappa shape index (κ1) is 24.0. The lowest BCUT2D eigenvalue weighted by Crippen LogP contribution is -2.33. The number of nitrogens with one attached hydrogen (secondary N) is 1. The van der Waals surface area contributed by atoms with Crippen molar-refractivity contribution < 1.29 is 27.5 Å². The Morgan fingerprint density at radius 1 is 1.00 bits per heavy atom. The SMILES string of the molecule is COc1ccc(NS(=O)(=O)c2ccc(C=CC(=O)OCC(=O)N3CCc4ccccc43)cc2)cc1. The van der Waals surface area contributed by atoms with E-state index in [1.807, 2.05) is 24.3 Å². The Balaban J connectivity index is 1.30. The molecule has 0 atom stereocenters. The van der Waals surface area contributed by atoms with Gasteiger partial charge in [-0.05, 0) is 66.1 Å². The van der Waals surface area contributed by atoms with E-state index in [4.69, 9.17) is 9.47 Å². The van der Waals surface area contributed by atoms with Gasteiger partial charge >= 0.3 is 5.97 Å². The summed E-state index contributed by atoms with van der Waals surface area (Å²) in [7, 11) is -2.25. The molecule has 0 saturated carbocycles. The van der Waals surface area contributed by atoms with Crippen molar-refractivity contribution in [3.63, 3.8) is 0 Å². The maximum Gasteiger partial charge on any atom is 0.331 e. The third kappa shape index (κ3) is 5.88. The molecule has 1 N–H and O–H groups in total. The molecule has 35 heavy (non-hydrogen) atoms. The molecule has 0 saturated heterocycles. The fraction of sp³-hybridized carbons (Fsp3) is 0.154. The number of carbonyl (C=O) groups excluding carboxylic acids is 2. The Kier molecular flexibility index (Phi) is 7.17. The highest BCUT2D eigenvalue weighted by molar-refractivity contribution is 7.92. The zero-order chi connectivity index (χ0) is 24.8. The van der Waals surface area contributed by atoms with Crippen molar-refractivity contribution >= 4 is 39.4 Å². The molecule has 1 amide bonds. The number of fused-ring (bicyclic) bond motifs is 1. The van der Waals surface area contributed by atoms with Crippen molar-refractivity contribution in [2.45, 2.75) is 11.3 Å². The topological polar surface area (TPSA) is 102 Å². The lowest BCUT2D eigenvalue weighted by molar-refractivity contribution is -0.142. The van der Waals surface area contributed by atoms with Crippen molar-refractivity contribution in [2.75, 3.05) is 29.9 Å². The van der Waals surface area contributed by atoms with E-state index in [9.17, 15) is 18.0 Å². The number of hydrogen-bond donors (Lipinski definition) is 1. The number of nitrogens with zero attached hydrogens (tertiary/aromatic N) is 1. The second-order valence-corrected chi connectivity index (χ2v) is 9.45. The first-order valence-electron chi connectivity index (χ1n) is 10.9. The molecule has 3 aromatic carbocycles. The van der Waals surface area contributed by atoms with Gasteiger partial charge in [0.05, 0.1) is 12.0 Å². The molecule has 0 aliphatic carbocycles. The first-order valence-corrected chi connectivity index (χ1v) is 12.3. The molecule has 8 nitrogen and oxygen atoms in total. The largest absolute Gasteiger partial charge is 0.497 e. The molecule has 1 aliphatic rings. The zero-order valence-corrected chi connectivity index (χ0v) is 19.8. The highest BCUT2D eigenvalue weighted by Crippen LogP contribution is 2.27. The smallest absolute Gasteiger partial charge is 0.331 e. The number of esters is 1. The number of amides is 1. The Hall–Kier alpha value is -4.11. The Bertz CT molecular complexity index is 1350. The van der Waals surface area contributed by atoms with Gasteiger partial charge in [0.2, 0.25) is 0 Å². The molecule has 3 aromatic rings. The van der Waals surface area contributed by atoms with Crippen molar-refractivity contribution in [3.8, 4) is 5.75 Å². The molecule has 0 unspecified atom stereocenters. The molecule has 4 rings (SSSR count). The molecule has 0 spiro atoms.